The Morgan fingerprint density at radius 2 is 1.54 bits per heavy atom. The summed E-state index contributed by atoms with van der Waals surface area (Å²) in [5, 5.41) is 19.1. The van der Waals surface area contributed by atoms with Gasteiger partial charge in [0.1, 0.15) is 0 Å². The topological polar surface area (TPSA) is 76.0 Å². The van der Waals surface area contributed by atoms with E-state index in [0.717, 1.165) is 44.1 Å². The fourth-order valence-corrected chi connectivity index (χ4v) is 2.93. The van der Waals surface area contributed by atoms with Crippen LogP contribution < -0.4 is 9.47 Å². The van der Waals surface area contributed by atoms with Gasteiger partial charge in [-0.15, -0.1) is 0 Å². The van der Waals surface area contributed by atoms with Crippen LogP contribution >= 0.6 is 0 Å². The summed E-state index contributed by atoms with van der Waals surface area (Å²) < 4.78 is 10.4. The normalized spacial score (nSPS) is 10.7. The highest BCUT2D eigenvalue weighted by Gasteiger charge is 2.17. The van der Waals surface area contributed by atoms with E-state index in [1.807, 2.05) is 0 Å². The average molecular weight is 366 g/mol. The predicted octanol–water partition coefficient (Wildman–Crippen LogP) is 6.31. The molecule has 1 aromatic carbocycles. The molecule has 148 valence electrons. The summed E-state index contributed by atoms with van der Waals surface area (Å²) in [4.78, 5) is 10.8. The first-order chi connectivity index (χ1) is 12.6. The Labute approximate surface area is 157 Å². The molecule has 0 aromatic heterocycles. The Morgan fingerprint density at radius 1 is 0.923 bits per heavy atom. The molecule has 0 aliphatic rings. The number of phenolic OH excluding ortho intramolecular Hbond substituents is 1. The standard InChI is InChI=1S/C21H34O5/c1-3-5-7-8-9-10-11-13-17-14-15-18(26-21(23)24)19(22)20(17)25-16-12-6-4-2/h14-15,22H,3-13,16H2,1-2H3,(H,23,24). The van der Waals surface area contributed by atoms with Crippen molar-refractivity contribution in [3.8, 4) is 17.2 Å². The molecule has 0 bridgehead atoms. The molecule has 5 heteroatoms. The van der Waals surface area contributed by atoms with Crippen LogP contribution in [0, 0.1) is 0 Å². The van der Waals surface area contributed by atoms with Gasteiger partial charge in [0.15, 0.2) is 11.5 Å². The predicted molar refractivity (Wildman–Crippen MR) is 103 cm³/mol. The van der Waals surface area contributed by atoms with E-state index in [1.54, 1.807) is 6.07 Å². The van der Waals surface area contributed by atoms with E-state index in [-0.39, 0.29) is 11.5 Å². The molecule has 0 fully saturated rings. The highest BCUT2D eigenvalue weighted by molar-refractivity contribution is 5.65. The minimum absolute atomic E-state index is 0.0775. The van der Waals surface area contributed by atoms with Crippen LogP contribution in [0.4, 0.5) is 4.79 Å². The van der Waals surface area contributed by atoms with Crippen LogP contribution in [0.2, 0.25) is 0 Å². The molecule has 0 atom stereocenters. The SMILES string of the molecule is CCCCCCCCCc1ccc(OC(=O)O)c(O)c1OCCCCC. The first-order valence-corrected chi connectivity index (χ1v) is 9.98. The number of rotatable bonds is 14. The van der Waals surface area contributed by atoms with Crippen LogP contribution in [0.3, 0.4) is 0 Å². The van der Waals surface area contributed by atoms with Crippen LogP contribution in [0.25, 0.3) is 0 Å². The van der Waals surface area contributed by atoms with Gasteiger partial charge in [-0.3, -0.25) is 0 Å². The zero-order valence-corrected chi connectivity index (χ0v) is 16.3. The number of benzene rings is 1. The fourth-order valence-electron chi connectivity index (χ4n) is 2.93. The smallest absolute Gasteiger partial charge is 0.502 e. The second-order valence-electron chi connectivity index (χ2n) is 6.70. The lowest BCUT2D eigenvalue weighted by molar-refractivity contribution is 0.142. The summed E-state index contributed by atoms with van der Waals surface area (Å²) in [5.41, 5.74) is 0.908. The van der Waals surface area contributed by atoms with Gasteiger partial charge >= 0.3 is 6.16 Å². The molecule has 2 N–H and O–H groups in total. The van der Waals surface area contributed by atoms with E-state index in [2.05, 4.69) is 18.6 Å². The largest absolute Gasteiger partial charge is 0.511 e. The second-order valence-corrected chi connectivity index (χ2v) is 6.70. The number of aromatic hydroxyl groups is 1. The quantitative estimate of drug-likeness (QED) is 0.229. The van der Waals surface area contributed by atoms with Crippen LogP contribution in [-0.2, 0) is 6.42 Å². The molecule has 0 amide bonds. The molecule has 0 radical (unpaired) electrons. The second kappa shape index (κ2) is 13.3. The third kappa shape index (κ3) is 8.45. The highest BCUT2D eigenvalue weighted by atomic mass is 16.7. The number of carboxylic acid groups (broad SMARTS) is 1. The summed E-state index contributed by atoms with van der Waals surface area (Å²) in [6, 6.07) is 3.29. The zero-order chi connectivity index (χ0) is 19.2. The van der Waals surface area contributed by atoms with E-state index in [1.165, 1.54) is 38.2 Å². The maximum atomic E-state index is 10.8. The summed E-state index contributed by atoms with van der Waals surface area (Å²) in [7, 11) is 0. The summed E-state index contributed by atoms with van der Waals surface area (Å²) in [6.07, 6.45) is 10.9. The lowest BCUT2D eigenvalue weighted by Gasteiger charge is -2.15. The molecule has 1 rings (SSSR count). The Bertz CT molecular complexity index is 527. The Kier molecular flexibility index (Phi) is 11.3. The summed E-state index contributed by atoms with van der Waals surface area (Å²) >= 11 is 0. The van der Waals surface area contributed by atoms with Crippen molar-refractivity contribution < 1.29 is 24.5 Å². The maximum absolute atomic E-state index is 10.8. The number of phenols is 1. The van der Waals surface area contributed by atoms with Crippen molar-refractivity contribution in [2.45, 2.75) is 84.5 Å². The molecule has 0 spiro atoms. The maximum Gasteiger partial charge on any atom is 0.511 e. The Balaban J connectivity index is 2.65. The highest BCUT2D eigenvalue weighted by Crippen LogP contribution is 2.40. The van der Waals surface area contributed by atoms with Gasteiger partial charge in [0.25, 0.3) is 0 Å². The van der Waals surface area contributed by atoms with Crippen molar-refractivity contribution >= 4 is 6.16 Å². The molecule has 26 heavy (non-hydrogen) atoms. The van der Waals surface area contributed by atoms with Crippen molar-refractivity contribution in [1.82, 2.24) is 0 Å². The van der Waals surface area contributed by atoms with Gasteiger partial charge in [-0.25, -0.2) is 4.79 Å². The molecule has 1 aromatic rings. The van der Waals surface area contributed by atoms with Crippen molar-refractivity contribution in [3.63, 3.8) is 0 Å². The van der Waals surface area contributed by atoms with Gasteiger partial charge in [-0.2, -0.15) is 0 Å². The van der Waals surface area contributed by atoms with Crippen LogP contribution in [0.1, 0.15) is 83.6 Å². The number of carbonyl (C=O) groups is 1. The van der Waals surface area contributed by atoms with Crippen molar-refractivity contribution in [3.05, 3.63) is 17.7 Å². The summed E-state index contributed by atoms with van der Waals surface area (Å²) in [5.74, 6) is 0.0708. The van der Waals surface area contributed by atoms with Gasteiger partial charge in [0, 0.05) is 0 Å². The van der Waals surface area contributed by atoms with Gasteiger partial charge < -0.3 is 19.7 Å². The first-order valence-electron chi connectivity index (χ1n) is 9.98. The lowest BCUT2D eigenvalue weighted by Crippen LogP contribution is -2.06. The fraction of sp³-hybridized carbons (Fsp3) is 0.667. The third-order valence-electron chi connectivity index (χ3n) is 4.42. The first kappa shape index (κ1) is 22.1. The van der Waals surface area contributed by atoms with Gasteiger partial charge in [-0.1, -0.05) is 71.3 Å². The number of hydrogen-bond donors (Lipinski definition) is 2. The number of ether oxygens (including phenoxy) is 2. The number of unbranched alkanes of at least 4 members (excludes halogenated alkanes) is 8. The number of aryl methyl sites for hydroxylation is 1. The third-order valence-corrected chi connectivity index (χ3v) is 4.42. The Morgan fingerprint density at radius 3 is 2.19 bits per heavy atom. The van der Waals surface area contributed by atoms with Gasteiger partial charge in [0.05, 0.1) is 6.61 Å². The monoisotopic (exact) mass is 366 g/mol. The lowest BCUT2D eigenvalue weighted by atomic mass is 10.0. The Hall–Kier alpha value is -1.91. The van der Waals surface area contributed by atoms with E-state index in [0.29, 0.717) is 12.4 Å². The molecular formula is C21H34O5. The van der Waals surface area contributed by atoms with Crippen LogP contribution in [0.15, 0.2) is 12.1 Å². The molecule has 0 heterocycles. The van der Waals surface area contributed by atoms with E-state index < -0.39 is 6.16 Å². The van der Waals surface area contributed by atoms with Gasteiger partial charge in [-0.05, 0) is 30.9 Å². The average Bonchev–Trinajstić information content (AvgIpc) is 2.61. The van der Waals surface area contributed by atoms with E-state index in [9.17, 15) is 9.90 Å². The minimum atomic E-state index is -1.45. The van der Waals surface area contributed by atoms with E-state index in [4.69, 9.17) is 9.84 Å². The van der Waals surface area contributed by atoms with E-state index >= 15 is 0 Å². The van der Waals surface area contributed by atoms with Crippen molar-refractivity contribution in [2.75, 3.05) is 6.61 Å². The number of hydrogen-bond acceptors (Lipinski definition) is 4. The molecule has 0 saturated carbocycles. The molecule has 0 aliphatic heterocycles. The molecule has 0 saturated heterocycles. The van der Waals surface area contributed by atoms with Crippen molar-refractivity contribution in [2.24, 2.45) is 0 Å². The summed E-state index contributed by atoms with van der Waals surface area (Å²) in [6.45, 7) is 4.83. The molecule has 0 aliphatic carbocycles. The molecule has 0 unspecified atom stereocenters. The molecule has 5 nitrogen and oxygen atoms in total. The minimum Gasteiger partial charge on any atom is -0.502 e. The van der Waals surface area contributed by atoms with Gasteiger partial charge in [0.2, 0.25) is 5.75 Å². The zero-order valence-electron chi connectivity index (χ0n) is 16.3. The molecular weight excluding hydrogens is 332 g/mol. The van der Waals surface area contributed by atoms with Crippen LogP contribution in [0.5, 0.6) is 17.2 Å². The van der Waals surface area contributed by atoms with Crippen LogP contribution in [-0.4, -0.2) is 23.0 Å². The van der Waals surface area contributed by atoms with Crippen molar-refractivity contribution in [1.29, 1.82) is 0 Å².